The van der Waals surface area contributed by atoms with E-state index in [0.717, 1.165) is 67.7 Å². The van der Waals surface area contributed by atoms with Crippen LogP contribution in [0, 0.1) is 0 Å². The fourth-order valence-electron chi connectivity index (χ4n) is 9.88. The van der Waals surface area contributed by atoms with Crippen molar-refractivity contribution in [2.45, 2.75) is 5.41 Å². The number of hydrogen-bond donors (Lipinski definition) is 0. The van der Waals surface area contributed by atoms with Crippen LogP contribution in [0.15, 0.2) is 243 Å². The van der Waals surface area contributed by atoms with E-state index >= 15 is 0 Å². The van der Waals surface area contributed by atoms with Crippen molar-refractivity contribution in [1.29, 1.82) is 0 Å². The van der Waals surface area contributed by atoms with Crippen LogP contribution in [0.3, 0.4) is 0 Å². The quantitative estimate of drug-likeness (QED) is 0.152. The molecule has 298 valence electrons. The van der Waals surface area contributed by atoms with Gasteiger partial charge in [-0.1, -0.05) is 158 Å². The summed E-state index contributed by atoms with van der Waals surface area (Å²) in [7, 11) is 0. The third-order valence-electron chi connectivity index (χ3n) is 12.5. The van der Waals surface area contributed by atoms with Gasteiger partial charge in [0.25, 0.3) is 0 Å². The van der Waals surface area contributed by atoms with E-state index in [4.69, 9.17) is 4.74 Å². The van der Waals surface area contributed by atoms with Crippen molar-refractivity contribution in [3.63, 3.8) is 0 Å². The molecule has 0 fully saturated rings. The van der Waals surface area contributed by atoms with Crippen LogP contribution >= 0.6 is 11.3 Å². The van der Waals surface area contributed by atoms with Gasteiger partial charge in [-0.2, -0.15) is 0 Å². The molecule has 0 radical (unpaired) electrons. The molecule has 11 aromatic rings. The first-order valence-electron chi connectivity index (χ1n) is 21.4. The highest BCUT2D eigenvalue weighted by Crippen LogP contribution is 2.58. The highest BCUT2D eigenvalue weighted by atomic mass is 32.1. The van der Waals surface area contributed by atoms with Gasteiger partial charge in [-0.25, -0.2) is 0 Å². The summed E-state index contributed by atoms with van der Waals surface area (Å²) in [6.45, 7) is 0. The molecule has 0 N–H and O–H groups in total. The molecule has 1 aromatic heterocycles. The lowest BCUT2D eigenvalue weighted by molar-refractivity contribution is 0.435. The third-order valence-corrected chi connectivity index (χ3v) is 13.7. The van der Waals surface area contributed by atoms with E-state index in [9.17, 15) is 0 Å². The minimum Gasteiger partial charge on any atom is -0.457 e. The number of fused-ring (bicyclic) bond motifs is 6. The van der Waals surface area contributed by atoms with Crippen LogP contribution in [0.2, 0.25) is 0 Å². The second-order valence-electron chi connectivity index (χ2n) is 16.0. The molecule has 0 saturated heterocycles. The smallest absolute Gasteiger partial charge is 0.132 e. The SMILES string of the molecule is c1ccc(N(c2ccccc2)c2cccc(C3(c4cc(N(c5ccccc5)c5cccc6c5sc5ccccc56)cc5ccccc45)c4ccccc4Oc4ccccc43)c2)cc1. The van der Waals surface area contributed by atoms with Crippen LogP contribution in [-0.2, 0) is 5.41 Å². The number of ether oxygens (including phenoxy) is 1. The molecule has 3 nitrogen and oxygen atoms in total. The zero-order valence-electron chi connectivity index (χ0n) is 34.3. The van der Waals surface area contributed by atoms with Crippen LogP contribution in [-0.4, -0.2) is 0 Å². The summed E-state index contributed by atoms with van der Waals surface area (Å²) in [5.74, 6) is 1.68. The van der Waals surface area contributed by atoms with Crippen LogP contribution in [0.25, 0.3) is 30.9 Å². The van der Waals surface area contributed by atoms with Gasteiger partial charge in [0.1, 0.15) is 11.5 Å². The molecule has 4 heteroatoms. The maximum Gasteiger partial charge on any atom is 0.132 e. The summed E-state index contributed by atoms with van der Waals surface area (Å²) < 4.78 is 9.41. The molecule has 2 heterocycles. The Bertz CT molecular complexity index is 3370. The average Bonchev–Trinajstić information content (AvgIpc) is 3.74. The van der Waals surface area contributed by atoms with Crippen molar-refractivity contribution in [3.8, 4) is 11.5 Å². The van der Waals surface area contributed by atoms with Gasteiger partial charge in [-0.3, -0.25) is 0 Å². The van der Waals surface area contributed by atoms with Crippen molar-refractivity contribution in [2.75, 3.05) is 9.80 Å². The summed E-state index contributed by atoms with van der Waals surface area (Å²) >= 11 is 1.86. The molecule has 1 aliphatic heterocycles. The van der Waals surface area contributed by atoms with Gasteiger partial charge in [0.05, 0.1) is 15.8 Å². The van der Waals surface area contributed by atoms with E-state index in [0.29, 0.717) is 0 Å². The molecule has 0 aliphatic carbocycles. The van der Waals surface area contributed by atoms with Crippen LogP contribution in [0.4, 0.5) is 34.1 Å². The van der Waals surface area contributed by atoms with Crippen molar-refractivity contribution in [2.24, 2.45) is 0 Å². The fourth-order valence-corrected chi connectivity index (χ4v) is 11.1. The maximum absolute atomic E-state index is 6.88. The molecule has 1 aliphatic rings. The summed E-state index contributed by atoms with van der Waals surface area (Å²) in [6, 6.07) is 87.7. The molecule has 12 rings (SSSR count). The highest BCUT2D eigenvalue weighted by Gasteiger charge is 2.46. The topological polar surface area (TPSA) is 15.7 Å². The number of anilines is 6. The first kappa shape index (κ1) is 36.9. The van der Waals surface area contributed by atoms with E-state index in [1.807, 2.05) is 11.3 Å². The van der Waals surface area contributed by atoms with Gasteiger partial charge in [-0.15, -0.1) is 11.3 Å². The number of rotatable bonds is 8. The Morgan fingerprint density at radius 2 is 0.873 bits per heavy atom. The van der Waals surface area contributed by atoms with Crippen LogP contribution in [0.1, 0.15) is 22.3 Å². The molecular formula is C59H40N2OS. The summed E-state index contributed by atoms with van der Waals surface area (Å²) in [6.07, 6.45) is 0. The van der Waals surface area contributed by atoms with Crippen molar-refractivity contribution in [1.82, 2.24) is 0 Å². The second kappa shape index (κ2) is 15.2. The van der Waals surface area contributed by atoms with E-state index in [-0.39, 0.29) is 0 Å². The predicted octanol–water partition coefficient (Wildman–Crippen LogP) is 16.6. The zero-order valence-corrected chi connectivity index (χ0v) is 35.1. The van der Waals surface area contributed by atoms with Gasteiger partial charge in [0.2, 0.25) is 0 Å². The van der Waals surface area contributed by atoms with Gasteiger partial charge >= 0.3 is 0 Å². The largest absolute Gasteiger partial charge is 0.457 e. The van der Waals surface area contributed by atoms with Crippen molar-refractivity contribution in [3.05, 3.63) is 265 Å². The Morgan fingerprint density at radius 3 is 1.56 bits per heavy atom. The Labute approximate surface area is 371 Å². The average molecular weight is 825 g/mol. The van der Waals surface area contributed by atoms with Crippen LogP contribution in [0.5, 0.6) is 11.5 Å². The first-order valence-corrected chi connectivity index (χ1v) is 22.2. The minimum atomic E-state index is -0.817. The highest BCUT2D eigenvalue weighted by molar-refractivity contribution is 7.26. The number of benzene rings is 10. The molecule has 0 unspecified atom stereocenters. The number of hydrogen-bond acceptors (Lipinski definition) is 4. The van der Waals surface area contributed by atoms with Gasteiger partial charge in [-0.05, 0) is 107 Å². The molecule has 0 atom stereocenters. The predicted molar refractivity (Wildman–Crippen MR) is 265 cm³/mol. The summed E-state index contributed by atoms with van der Waals surface area (Å²) in [5, 5.41) is 4.87. The van der Waals surface area contributed by atoms with Crippen LogP contribution < -0.4 is 14.5 Å². The van der Waals surface area contributed by atoms with Gasteiger partial charge in [0, 0.05) is 55.0 Å². The Balaban J connectivity index is 1.19. The first-order chi connectivity index (χ1) is 31.3. The van der Waals surface area contributed by atoms with Crippen molar-refractivity contribution < 1.29 is 4.74 Å². The summed E-state index contributed by atoms with van der Waals surface area (Å²) in [5.41, 5.74) is 10.2. The lowest BCUT2D eigenvalue weighted by Crippen LogP contribution is -2.34. The zero-order chi connectivity index (χ0) is 41.7. The Kier molecular flexibility index (Phi) is 8.91. The lowest BCUT2D eigenvalue weighted by Gasteiger charge is -2.43. The molecule has 63 heavy (non-hydrogen) atoms. The van der Waals surface area contributed by atoms with Gasteiger partial charge < -0.3 is 14.5 Å². The summed E-state index contributed by atoms with van der Waals surface area (Å²) in [4.78, 5) is 4.81. The molecule has 0 spiro atoms. The lowest BCUT2D eigenvalue weighted by atomic mass is 9.62. The Morgan fingerprint density at radius 1 is 0.349 bits per heavy atom. The molecule has 0 amide bonds. The molecular weight excluding hydrogens is 785 g/mol. The number of nitrogens with zero attached hydrogens (tertiary/aromatic N) is 2. The number of thiophene rings is 1. The molecule has 0 bridgehead atoms. The van der Waals surface area contributed by atoms with E-state index in [1.54, 1.807) is 0 Å². The van der Waals surface area contributed by atoms with E-state index < -0.39 is 5.41 Å². The normalized spacial score (nSPS) is 12.7. The standard InChI is InChI=1S/C59H40N2OS/c1-4-22-43(23-5-1)60(44-24-6-2-7-25-44)46-28-18-21-42(39-46)59(51-32-13-15-35-55(51)62-56-36-16-14-33-52(56)59)53-40-47(38-41-20-10-11-29-48(41)53)61(45-26-8-3-9-27-45)54-34-19-31-50-49-30-12-17-37-57(49)63-58(50)54/h1-40H. The molecule has 10 aromatic carbocycles. The third kappa shape index (κ3) is 6.02. The second-order valence-corrected chi connectivity index (χ2v) is 17.1. The van der Waals surface area contributed by atoms with E-state index in [1.165, 1.54) is 31.1 Å². The van der Waals surface area contributed by atoms with E-state index in [2.05, 4.69) is 252 Å². The monoisotopic (exact) mass is 824 g/mol. The maximum atomic E-state index is 6.88. The van der Waals surface area contributed by atoms with Gasteiger partial charge in [0.15, 0.2) is 0 Å². The molecule has 0 saturated carbocycles. The van der Waals surface area contributed by atoms with Crippen molar-refractivity contribution >= 4 is 76.4 Å². The fraction of sp³-hybridized carbons (Fsp3) is 0.0169. The minimum absolute atomic E-state index is 0.817. The Hall–Kier alpha value is -7.92. The number of para-hydroxylation sites is 5.